The average Bonchev–Trinajstić information content (AvgIpc) is 2.80. The van der Waals surface area contributed by atoms with Crippen molar-refractivity contribution in [3.8, 4) is 0 Å². The number of aliphatic hydroxyl groups is 1. The van der Waals surface area contributed by atoms with E-state index in [2.05, 4.69) is 5.32 Å². The minimum absolute atomic E-state index is 0.0447. The number of hydrogen-bond donors (Lipinski definition) is 2. The van der Waals surface area contributed by atoms with E-state index in [1.165, 1.54) is 11.3 Å². The minimum atomic E-state index is -0.311. The Bertz CT molecular complexity index is 355. The molecule has 1 aliphatic carbocycles. The topological polar surface area (TPSA) is 49.3 Å². The van der Waals surface area contributed by atoms with Gasteiger partial charge in [0.05, 0.1) is 17.0 Å². The summed E-state index contributed by atoms with van der Waals surface area (Å²) in [5, 5.41) is 11.9. The van der Waals surface area contributed by atoms with Crippen molar-refractivity contribution in [3.05, 3.63) is 21.9 Å². The molecule has 4 heteroatoms. The zero-order valence-corrected chi connectivity index (χ0v) is 8.86. The van der Waals surface area contributed by atoms with Crippen molar-refractivity contribution in [2.24, 2.45) is 0 Å². The molecule has 1 aromatic rings. The van der Waals surface area contributed by atoms with Gasteiger partial charge in [-0.05, 0) is 31.9 Å². The molecule has 0 aliphatic heterocycles. The standard InChI is InChI=1S/C10H13NO2S/c1-7-2-3-8(14-7)9(13)11-10(6-12)4-5-10/h2-3,12H,4-6H2,1H3,(H,11,13). The monoisotopic (exact) mass is 211 g/mol. The number of rotatable bonds is 3. The van der Waals surface area contributed by atoms with E-state index in [1.54, 1.807) is 0 Å². The smallest absolute Gasteiger partial charge is 0.261 e. The maximum absolute atomic E-state index is 11.7. The molecular formula is C10H13NO2S. The lowest BCUT2D eigenvalue weighted by atomic mass is 10.3. The predicted octanol–water partition coefficient (Wildman–Crippen LogP) is 1.31. The van der Waals surface area contributed by atoms with Crippen molar-refractivity contribution in [1.29, 1.82) is 0 Å². The second kappa shape index (κ2) is 3.37. The zero-order chi connectivity index (χ0) is 10.2. The van der Waals surface area contributed by atoms with Gasteiger partial charge in [0.15, 0.2) is 0 Å². The van der Waals surface area contributed by atoms with Crippen molar-refractivity contribution in [2.45, 2.75) is 25.3 Å². The van der Waals surface area contributed by atoms with Gasteiger partial charge in [-0.3, -0.25) is 4.79 Å². The van der Waals surface area contributed by atoms with Gasteiger partial charge in [-0.1, -0.05) is 0 Å². The Balaban J connectivity index is 2.03. The van der Waals surface area contributed by atoms with Crippen LogP contribution in [0.15, 0.2) is 12.1 Å². The lowest BCUT2D eigenvalue weighted by molar-refractivity contribution is 0.0911. The molecule has 0 aromatic carbocycles. The van der Waals surface area contributed by atoms with Crippen LogP contribution in [0.4, 0.5) is 0 Å². The van der Waals surface area contributed by atoms with Crippen molar-refractivity contribution >= 4 is 17.2 Å². The molecule has 0 atom stereocenters. The molecule has 0 bridgehead atoms. The highest BCUT2D eigenvalue weighted by Gasteiger charge is 2.43. The molecule has 1 saturated carbocycles. The van der Waals surface area contributed by atoms with Crippen LogP contribution in [0.5, 0.6) is 0 Å². The number of aliphatic hydroxyl groups excluding tert-OH is 1. The van der Waals surface area contributed by atoms with E-state index < -0.39 is 0 Å². The van der Waals surface area contributed by atoms with E-state index in [0.29, 0.717) is 0 Å². The maximum Gasteiger partial charge on any atom is 0.261 e. The number of aryl methyl sites for hydroxylation is 1. The normalized spacial score (nSPS) is 17.9. The molecule has 3 nitrogen and oxygen atoms in total. The first kappa shape index (κ1) is 9.68. The number of amides is 1. The number of hydrogen-bond acceptors (Lipinski definition) is 3. The van der Waals surface area contributed by atoms with Gasteiger partial charge in [-0.15, -0.1) is 11.3 Å². The molecule has 1 aliphatic rings. The van der Waals surface area contributed by atoms with Crippen molar-refractivity contribution in [3.63, 3.8) is 0 Å². The van der Waals surface area contributed by atoms with Gasteiger partial charge in [0.2, 0.25) is 0 Å². The van der Waals surface area contributed by atoms with Crippen LogP contribution in [-0.4, -0.2) is 23.2 Å². The third kappa shape index (κ3) is 1.81. The molecule has 0 unspecified atom stereocenters. The zero-order valence-electron chi connectivity index (χ0n) is 8.04. The first-order valence-electron chi connectivity index (χ1n) is 4.65. The maximum atomic E-state index is 11.7. The van der Waals surface area contributed by atoms with Gasteiger partial charge in [0, 0.05) is 4.88 Å². The number of nitrogens with one attached hydrogen (secondary N) is 1. The summed E-state index contributed by atoms with van der Waals surface area (Å²) in [6, 6.07) is 3.75. The largest absolute Gasteiger partial charge is 0.394 e. The van der Waals surface area contributed by atoms with Crippen LogP contribution in [0, 0.1) is 6.92 Å². The molecular weight excluding hydrogens is 198 g/mol. The fourth-order valence-electron chi connectivity index (χ4n) is 1.33. The lowest BCUT2D eigenvalue weighted by Crippen LogP contribution is -2.39. The Morgan fingerprint density at radius 3 is 2.79 bits per heavy atom. The number of carbonyl (C=O) groups is 1. The average molecular weight is 211 g/mol. The predicted molar refractivity (Wildman–Crippen MR) is 55.6 cm³/mol. The highest BCUT2D eigenvalue weighted by molar-refractivity contribution is 7.13. The third-order valence-electron chi connectivity index (χ3n) is 2.50. The molecule has 1 heterocycles. The Labute approximate surface area is 86.8 Å². The van der Waals surface area contributed by atoms with Crippen LogP contribution in [0.25, 0.3) is 0 Å². The first-order chi connectivity index (χ1) is 6.65. The van der Waals surface area contributed by atoms with Crippen LogP contribution in [0.1, 0.15) is 27.4 Å². The summed E-state index contributed by atoms with van der Waals surface area (Å²) in [6.45, 7) is 2.02. The van der Waals surface area contributed by atoms with Gasteiger partial charge >= 0.3 is 0 Å². The van der Waals surface area contributed by atoms with Gasteiger partial charge in [-0.2, -0.15) is 0 Å². The molecule has 14 heavy (non-hydrogen) atoms. The molecule has 1 aromatic heterocycles. The van der Waals surface area contributed by atoms with E-state index in [0.717, 1.165) is 22.6 Å². The quantitative estimate of drug-likeness (QED) is 0.792. The Morgan fingerprint density at radius 2 is 2.36 bits per heavy atom. The van der Waals surface area contributed by atoms with Crippen molar-refractivity contribution in [2.75, 3.05) is 6.61 Å². The fourth-order valence-corrected chi connectivity index (χ4v) is 2.10. The van der Waals surface area contributed by atoms with Crippen LogP contribution in [-0.2, 0) is 0 Å². The Kier molecular flexibility index (Phi) is 2.33. The third-order valence-corrected chi connectivity index (χ3v) is 3.50. The van der Waals surface area contributed by atoms with Gasteiger partial charge in [-0.25, -0.2) is 0 Å². The molecule has 0 spiro atoms. The van der Waals surface area contributed by atoms with Gasteiger partial charge < -0.3 is 10.4 Å². The summed E-state index contributed by atoms with van der Waals surface area (Å²) in [5.74, 6) is -0.0605. The van der Waals surface area contributed by atoms with Crippen LogP contribution < -0.4 is 5.32 Å². The summed E-state index contributed by atoms with van der Waals surface area (Å²) >= 11 is 1.48. The molecule has 0 saturated heterocycles. The molecule has 76 valence electrons. The highest BCUT2D eigenvalue weighted by Crippen LogP contribution is 2.35. The summed E-state index contributed by atoms with van der Waals surface area (Å²) in [5.41, 5.74) is -0.311. The highest BCUT2D eigenvalue weighted by atomic mass is 32.1. The van der Waals surface area contributed by atoms with E-state index in [9.17, 15) is 4.79 Å². The van der Waals surface area contributed by atoms with E-state index in [-0.39, 0.29) is 18.1 Å². The second-order valence-electron chi connectivity index (χ2n) is 3.80. The summed E-state index contributed by atoms with van der Waals surface area (Å²) in [7, 11) is 0. The second-order valence-corrected chi connectivity index (χ2v) is 5.09. The minimum Gasteiger partial charge on any atom is -0.394 e. The summed E-state index contributed by atoms with van der Waals surface area (Å²) < 4.78 is 0. The lowest BCUT2D eigenvalue weighted by Gasteiger charge is -2.12. The van der Waals surface area contributed by atoms with E-state index in [4.69, 9.17) is 5.11 Å². The molecule has 2 rings (SSSR count). The molecule has 1 amide bonds. The van der Waals surface area contributed by atoms with Crippen LogP contribution in [0.3, 0.4) is 0 Å². The molecule has 2 N–H and O–H groups in total. The summed E-state index contributed by atoms with van der Waals surface area (Å²) in [6.07, 6.45) is 1.78. The number of thiophene rings is 1. The fraction of sp³-hybridized carbons (Fsp3) is 0.500. The molecule has 1 fully saturated rings. The van der Waals surface area contributed by atoms with E-state index in [1.807, 2.05) is 19.1 Å². The van der Waals surface area contributed by atoms with Crippen LogP contribution in [0.2, 0.25) is 0 Å². The van der Waals surface area contributed by atoms with Gasteiger partial charge in [0.25, 0.3) is 5.91 Å². The summed E-state index contributed by atoms with van der Waals surface area (Å²) in [4.78, 5) is 13.5. The van der Waals surface area contributed by atoms with Crippen molar-refractivity contribution in [1.82, 2.24) is 5.32 Å². The molecule has 0 radical (unpaired) electrons. The van der Waals surface area contributed by atoms with Gasteiger partial charge in [0.1, 0.15) is 0 Å². The first-order valence-corrected chi connectivity index (χ1v) is 5.47. The SMILES string of the molecule is Cc1ccc(C(=O)NC2(CO)CC2)s1. The number of carbonyl (C=O) groups excluding carboxylic acids is 1. The van der Waals surface area contributed by atoms with E-state index >= 15 is 0 Å². The Morgan fingerprint density at radius 1 is 1.64 bits per heavy atom. The van der Waals surface area contributed by atoms with Crippen LogP contribution >= 0.6 is 11.3 Å². The van der Waals surface area contributed by atoms with Crippen molar-refractivity contribution < 1.29 is 9.90 Å². The Hall–Kier alpha value is -0.870.